The number of carbonyl (C=O) groups is 4. The highest BCUT2D eigenvalue weighted by atomic mass is 28.4. The normalized spacial score (nSPS) is 14.0. The van der Waals surface area contributed by atoms with Gasteiger partial charge in [-0.05, 0) is 110 Å². The van der Waals surface area contributed by atoms with Gasteiger partial charge < -0.3 is 54.4 Å². The van der Waals surface area contributed by atoms with E-state index in [4.69, 9.17) is 68.8 Å². The maximum absolute atomic E-state index is 12.7. The molecule has 0 unspecified atom stereocenters. The smallest absolute Gasteiger partial charge is 0.409 e. The first-order valence-electron chi connectivity index (χ1n) is 39.3. The topological polar surface area (TPSA) is 332 Å². The fourth-order valence-electron chi connectivity index (χ4n) is 14.0. The van der Waals surface area contributed by atoms with Gasteiger partial charge in [0.1, 0.15) is 23.3 Å². The molecule has 120 heavy (non-hydrogen) atoms. The second-order valence-corrected chi connectivity index (χ2v) is 51.2. The van der Waals surface area contributed by atoms with Gasteiger partial charge in [0, 0.05) is 0 Å². The predicted molar refractivity (Wildman–Crippen MR) is 483 cm³/mol. The van der Waals surface area contributed by atoms with Crippen LogP contribution in [-0.4, -0.2) is 130 Å². The summed E-state index contributed by atoms with van der Waals surface area (Å²) in [6, 6.07) is 80.2. The lowest BCUT2D eigenvalue weighted by Gasteiger charge is -2.45. The van der Waals surface area contributed by atoms with Crippen LogP contribution in [0.5, 0.6) is 0 Å². The first-order chi connectivity index (χ1) is 56.4. The summed E-state index contributed by atoms with van der Waals surface area (Å²) in [5, 5.41) is 40.1. The number of nitrogens with one attached hydrogen (secondary N) is 2. The molecule has 0 spiro atoms. The van der Waals surface area contributed by atoms with Gasteiger partial charge in [0.15, 0.2) is 18.5 Å². The van der Waals surface area contributed by atoms with Crippen LogP contribution in [0.1, 0.15) is 132 Å². The van der Waals surface area contributed by atoms with Crippen molar-refractivity contribution < 1.29 is 51.1 Å². The van der Waals surface area contributed by atoms with Crippen LogP contribution in [-0.2, 0) is 41.5 Å². The van der Waals surface area contributed by atoms with Crippen LogP contribution in [0.15, 0.2) is 248 Å². The molecule has 0 aliphatic carbocycles. The summed E-state index contributed by atoms with van der Waals surface area (Å²) in [6.07, 6.45) is -5.22. The van der Waals surface area contributed by atoms with Gasteiger partial charge in [-0.15, -0.1) is 0 Å². The highest BCUT2D eigenvalue weighted by Gasteiger charge is 2.58. The second-order valence-electron chi connectivity index (χ2n) is 34.2. The first-order valence-corrected chi connectivity index (χ1v) is 46.9. The Hall–Kier alpha value is -11.7. The average Bonchev–Trinajstić information content (AvgIpc) is 0.758. The van der Waals surface area contributed by atoms with Crippen molar-refractivity contribution in [2.24, 2.45) is 22.2 Å². The Morgan fingerprint density at radius 1 is 0.400 bits per heavy atom. The number of alkyl carbamates (subject to hydrolysis) is 2. The third kappa shape index (κ3) is 25.4. The zero-order chi connectivity index (χ0) is 89.6. The van der Waals surface area contributed by atoms with Gasteiger partial charge in [-0.2, -0.15) is 15.8 Å². The zero-order valence-electron chi connectivity index (χ0n) is 72.4. The molecular formula is C93H116N12O11Si4. The van der Waals surface area contributed by atoms with Crippen LogP contribution in [0.3, 0.4) is 0 Å². The van der Waals surface area contributed by atoms with Gasteiger partial charge in [-0.25, -0.2) is 34.3 Å². The highest BCUT2D eigenvalue weighted by Crippen LogP contribution is 2.42. The van der Waals surface area contributed by atoms with E-state index in [1.807, 2.05) is 258 Å². The third-order valence-corrected chi connectivity index (χ3v) is 39.2. The summed E-state index contributed by atoms with van der Waals surface area (Å²) in [5.74, 6) is -1.89. The Labute approximate surface area is 714 Å². The van der Waals surface area contributed by atoms with E-state index in [1.54, 1.807) is 41.5 Å². The number of nitrogens with zero attached hydrogens (tertiary/aromatic N) is 7. The summed E-state index contributed by atoms with van der Waals surface area (Å²) >= 11 is 0. The zero-order valence-corrected chi connectivity index (χ0v) is 76.4. The summed E-state index contributed by atoms with van der Waals surface area (Å²) < 4.78 is 42.3. The maximum atomic E-state index is 12.7. The number of carbonyl (C=O) groups excluding carboxylic acids is 4. The van der Waals surface area contributed by atoms with Crippen LogP contribution in [0.2, 0.25) is 20.2 Å². The minimum atomic E-state index is -3.28. The Bertz CT molecular complexity index is 4710. The van der Waals surface area contributed by atoms with E-state index in [2.05, 4.69) is 123 Å². The lowest BCUT2D eigenvalue weighted by molar-refractivity contribution is -0.132. The molecule has 0 aliphatic rings. The number of ether oxygens (including phenoxy) is 3. The highest BCUT2D eigenvalue weighted by molar-refractivity contribution is 7.01. The van der Waals surface area contributed by atoms with Gasteiger partial charge in [0.25, 0.3) is 33.3 Å². The van der Waals surface area contributed by atoms with Crippen LogP contribution in [0.25, 0.3) is 14.5 Å². The number of nitrogens with two attached hydrogens (primary N) is 3. The third-order valence-electron chi connectivity index (χ3n) is 19.2. The molecule has 630 valence electrons. The lowest BCUT2D eigenvalue weighted by Crippen LogP contribution is -2.71. The molecule has 0 bridgehead atoms. The predicted octanol–water partition coefficient (Wildman–Crippen LogP) is 12.4. The number of primary amides is 2. The van der Waals surface area contributed by atoms with Gasteiger partial charge in [-0.3, -0.25) is 29.4 Å². The fourth-order valence-corrected chi connectivity index (χ4v) is 32.4. The molecule has 0 heterocycles. The van der Waals surface area contributed by atoms with Crippen LogP contribution < -0.4 is 69.3 Å². The Kier molecular flexibility index (Phi) is 36.1. The molecule has 0 saturated carbocycles. The summed E-state index contributed by atoms with van der Waals surface area (Å²) in [6.45, 7) is 60.6. The van der Waals surface area contributed by atoms with Gasteiger partial charge >= 0.3 is 30.9 Å². The van der Waals surface area contributed by atoms with Crippen molar-refractivity contribution in [3.63, 3.8) is 0 Å². The number of hydrogen-bond donors (Lipinski definition) is 5. The molecule has 8 aromatic rings. The van der Waals surface area contributed by atoms with Gasteiger partial charge in [0.05, 0.1) is 18.7 Å². The molecule has 0 fully saturated rings. The van der Waals surface area contributed by atoms with E-state index in [0.717, 1.165) is 41.5 Å². The van der Waals surface area contributed by atoms with E-state index in [1.165, 1.54) is 6.40 Å². The summed E-state index contributed by atoms with van der Waals surface area (Å²) in [5.41, 5.74) is 15.7. The summed E-state index contributed by atoms with van der Waals surface area (Å²) in [4.78, 5) is 64.9. The van der Waals surface area contributed by atoms with Crippen LogP contribution in [0.4, 0.5) is 9.59 Å². The molecular weight excluding hydrogens is 1570 g/mol. The molecule has 0 saturated heterocycles. The standard InChI is InChI=1S/C25H35N3O5Si.C25H31N3O3Si.C23H27N3O2Si.C20H23N3OSi/c1-24(2,3)32-23(31)28-19(21(26)29)20(22(27)30)33-34(25(4,5)6,17-13-9-7-10-14-17)18-15-11-8-12-16-18;1-24(2,3)30-23(29)28-21(18-26)22(27-7)31-32(25(4,5)6,19-14-10-8-11-15-19)20-16-12-9-13-17-20;1-6-27-18-26-21(17-24)22(25-5)28-29(23(2,3)4,19-13-9-7-10-14-19)20-15-11-8-12-16-20;1-20(2,3)25(16-11-7-5-8-12-16,17-13-9-6-10-14-17)24-19(23-4)18(22)15-21/h7-16,19-20H,1-6H3,(H2,26,29)(H2,27,30)(H,28,31);8-17,21-22H,1-6H3,(H,28,29);7-16,18,21-22H,6H2,1-4H3;5-14,18-19H,22H2,1-3H3/t19-,20+;2*21-,22-;18-,19-/m1000/s1. The minimum absolute atomic E-state index is 0.256. The number of rotatable bonds is 27. The molecule has 4 amide bonds. The molecule has 23 nitrogen and oxygen atoms in total. The number of benzene rings is 8. The minimum Gasteiger partial charge on any atom is -0.484 e. The summed E-state index contributed by atoms with van der Waals surface area (Å²) in [7, 11) is -12.1. The fraction of sp³-hybridized carbons (Fsp3) is 0.366. The average molecular weight is 1690 g/mol. The van der Waals surface area contributed by atoms with Crippen molar-refractivity contribution in [3.8, 4) is 18.2 Å². The van der Waals surface area contributed by atoms with Crippen molar-refractivity contribution in [2.45, 2.75) is 212 Å². The molecule has 0 aliphatic heterocycles. The first kappa shape index (κ1) is 98.9. The maximum Gasteiger partial charge on any atom is 0.409 e. The molecule has 0 aromatic heterocycles. The molecule has 8 aromatic carbocycles. The molecule has 8 rings (SSSR count). The Balaban J connectivity index is 0.000000286. The Morgan fingerprint density at radius 3 is 0.875 bits per heavy atom. The number of aliphatic imine (C=N–C) groups is 1. The van der Waals surface area contributed by atoms with Crippen molar-refractivity contribution >= 4 is 105 Å². The van der Waals surface area contributed by atoms with Crippen molar-refractivity contribution in [1.82, 2.24) is 10.6 Å². The van der Waals surface area contributed by atoms with E-state index in [-0.39, 0.29) is 15.1 Å². The lowest BCUT2D eigenvalue weighted by atomic mass is 10.1. The van der Waals surface area contributed by atoms with Crippen molar-refractivity contribution in [1.29, 1.82) is 15.8 Å². The number of nitriles is 3. The largest absolute Gasteiger partial charge is 0.484 e. The van der Waals surface area contributed by atoms with E-state index in [9.17, 15) is 35.0 Å². The van der Waals surface area contributed by atoms with Crippen LogP contribution >= 0.6 is 0 Å². The van der Waals surface area contributed by atoms with Crippen molar-refractivity contribution in [3.05, 3.63) is 277 Å². The monoisotopic (exact) mass is 1690 g/mol. The van der Waals surface area contributed by atoms with Gasteiger partial charge in [0.2, 0.25) is 23.9 Å². The number of hydrogen-bond acceptors (Lipinski definition) is 16. The molecule has 0 radical (unpaired) electrons. The number of amides is 4. The Morgan fingerprint density at radius 2 is 0.658 bits per heavy atom. The van der Waals surface area contributed by atoms with E-state index >= 15 is 0 Å². The van der Waals surface area contributed by atoms with E-state index in [0.29, 0.717) is 6.61 Å². The van der Waals surface area contributed by atoms with Crippen LogP contribution in [0, 0.1) is 53.7 Å². The molecule has 27 heteroatoms. The second kappa shape index (κ2) is 43.9. The quantitative estimate of drug-likeness (QED) is 0.0138. The van der Waals surface area contributed by atoms with Crippen molar-refractivity contribution in [2.75, 3.05) is 6.61 Å². The SMILES string of the molecule is CC(C)(C)OC(=O)N[C@@H](C(N)=O)[C@H](O[Si](c1ccccc1)(c1ccccc1)C(C)(C)C)C(N)=O.[C-]#[N+][C@@H](O[Si](c1ccccc1)(c1ccccc1)C(C)(C)C)[C@@H](N)C#N.[C-]#[N+][C@@H](O[Si](c1ccccc1)(c1ccccc1)C(C)(C)C)[C@H](C#N)N=COCC.[C-]#[N+][C@@H](O[Si](c1ccccc1)(c1ccccc1)C(C)(C)C)[C@H](C#N)NC(=O)OC(C)(C)C. The van der Waals surface area contributed by atoms with E-state index < -0.39 is 122 Å². The molecule has 8 atom stereocenters. The molecule has 8 N–H and O–H groups in total. The van der Waals surface area contributed by atoms with Gasteiger partial charge in [-0.1, -0.05) is 326 Å².